The molecule has 3 unspecified atom stereocenters. The molecule has 0 bridgehead atoms. The zero-order chi connectivity index (χ0) is 14.5. The summed E-state index contributed by atoms with van der Waals surface area (Å²) in [6.07, 6.45) is 1.55. The minimum absolute atomic E-state index is 0.0401. The van der Waals surface area contributed by atoms with Gasteiger partial charge >= 0.3 is 0 Å². The highest BCUT2D eigenvalue weighted by Gasteiger charge is 2.24. The normalized spacial score (nSPS) is 25.6. The quantitative estimate of drug-likeness (QED) is 0.868. The molecule has 3 atom stereocenters. The molecule has 1 aliphatic heterocycles. The summed E-state index contributed by atoms with van der Waals surface area (Å²) >= 11 is 0. The maximum Gasteiger partial charge on any atom is 0.127 e. The summed E-state index contributed by atoms with van der Waals surface area (Å²) in [6.45, 7) is 4.87. The van der Waals surface area contributed by atoms with Crippen molar-refractivity contribution in [2.24, 2.45) is 5.92 Å². The van der Waals surface area contributed by atoms with Crippen LogP contribution in [0, 0.1) is 11.7 Å². The third-order valence-corrected chi connectivity index (χ3v) is 4.31. The molecule has 112 valence electrons. The summed E-state index contributed by atoms with van der Waals surface area (Å²) in [4.78, 5) is 2.36. The lowest BCUT2D eigenvalue weighted by Crippen LogP contribution is -2.42. The Balaban J connectivity index is 1.90. The monoisotopic (exact) mass is 280 g/mol. The largest absolute Gasteiger partial charge is 0.393 e. The van der Waals surface area contributed by atoms with Gasteiger partial charge in [-0.1, -0.05) is 25.1 Å². The molecule has 20 heavy (non-hydrogen) atoms. The van der Waals surface area contributed by atoms with Gasteiger partial charge in [0.15, 0.2) is 0 Å². The molecule has 0 aromatic heterocycles. The zero-order valence-electron chi connectivity index (χ0n) is 12.3. The number of halogens is 1. The molecule has 2 N–H and O–H groups in total. The highest BCUT2D eigenvalue weighted by molar-refractivity contribution is 5.21. The fraction of sp³-hybridized carbons (Fsp3) is 0.625. The van der Waals surface area contributed by atoms with E-state index in [9.17, 15) is 9.50 Å². The summed E-state index contributed by atoms with van der Waals surface area (Å²) in [7, 11) is 1.87. The summed E-state index contributed by atoms with van der Waals surface area (Å²) in [6, 6.07) is 7.00. The first-order valence-corrected chi connectivity index (χ1v) is 7.44. The van der Waals surface area contributed by atoms with Crippen LogP contribution in [0.15, 0.2) is 24.3 Å². The molecule has 1 aromatic carbocycles. The van der Waals surface area contributed by atoms with Gasteiger partial charge in [0.25, 0.3) is 0 Å². The Hall–Kier alpha value is -0.970. The van der Waals surface area contributed by atoms with Crippen molar-refractivity contribution in [3.05, 3.63) is 35.6 Å². The lowest BCUT2D eigenvalue weighted by Gasteiger charge is -2.35. The van der Waals surface area contributed by atoms with Gasteiger partial charge in [0.2, 0.25) is 0 Å². The molecular formula is C16H25FN2O. The zero-order valence-corrected chi connectivity index (χ0v) is 12.3. The molecule has 0 saturated carbocycles. The lowest BCUT2D eigenvalue weighted by molar-refractivity contribution is 0.0337. The Morgan fingerprint density at radius 2 is 2.20 bits per heavy atom. The molecular weight excluding hydrogens is 255 g/mol. The van der Waals surface area contributed by atoms with E-state index in [1.54, 1.807) is 6.07 Å². The Labute approximate surface area is 120 Å². The van der Waals surface area contributed by atoms with Crippen molar-refractivity contribution in [2.75, 3.05) is 26.7 Å². The minimum Gasteiger partial charge on any atom is -0.393 e. The van der Waals surface area contributed by atoms with Gasteiger partial charge in [-0.2, -0.15) is 0 Å². The van der Waals surface area contributed by atoms with Crippen molar-refractivity contribution in [1.82, 2.24) is 10.2 Å². The van der Waals surface area contributed by atoms with Gasteiger partial charge in [-0.15, -0.1) is 0 Å². The molecule has 1 aromatic rings. The molecule has 1 aliphatic rings. The van der Waals surface area contributed by atoms with Crippen LogP contribution < -0.4 is 5.32 Å². The third-order valence-electron chi connectivity index (χ3n) is 4.31. The van der Waals surface area contributed by atoms with Gasteiger partial charge in [0.1, 0.15) is 5.82 Å². The molecule has 1 saturated heterocycles. The smallest absolute Gasteiger partial charge is 0.127 e. The standard InChI is InChI=1S/C16H25FN2O/c1-12-11-19(10-8-16(12)20)9-7-15(18-2)13-5-3-4-6-14(13)17/h3-6,12,15-16,18,20H,7-11H2,1-2H3. The van der Waals surface area contributed by atoms with E-state index in [1.165, 1.54) is 6.07 Å². The second kappa shape index (κ2) is 7.16. The van der Waals surface area contributed by atoms with Crippen LogP contribution in [0.5, 0.6) is 0 Å². The average Bonchev–Trinajstić information content (AvgIpc) is 2.45. The van der Waals surface area contributed by atoms with Gasteiger partial charge in [0.05, 0.1) is 6.10 Å². The molecule has 0 amide bonds. The maximum atomic E-state index is 13.8. The second-order valence-electron chi connectivity index (χ2n) is 5.79. The highest BCUT2D eigenvalue weighted by Crippen LogP contribution is 2.22. The van der Waals surface area contributed by atoms with Gasteiger partial charge in [-0.05, 0) is 38.4 Å². The number of rotatable bonds is 5. The van der Waals surface area contributed by atoms with Crippen LogP contribution in [0.2, 0.25) is 0 Å². The van der Waals surface area contributed by atoms with E-state index in [2.05, 4.69) is 17.1 Å². The SMILES string of the molecule is CNC(CCN1CCC(O)C(C)C1)c1ccccc1F. The van der Waals surface area contributed by atoms with Gasteiger partial charge in [-0.3, -0.25) is 0 Å². The van der Waals surface area contributed by atoms with Gasteiger partial charge in [0, 0.05) is 24.7 Å². The van der Waals surface area contributed by atoms with Crippen molar-refractivity contribution in [3.8, 4) is 0 Å². The van der Waals surface area contributed by atoms with Crippen molar-refractivity contribution >= 4 is 0 Å². The van der Waals surface area contributed by atoms with Crippen molar-refractivity contribution in [2.45, 2.75) is 31.9 Å². The maximum absolute atomic E-state index is 13.8. The van der Waals surface area contributed by atoms with E-state index >= 15 is 0 Å². The van der Waals surface area contributed by atoms with Gasteiger partial charge in [-0.25, -0.2) is 4.39 Å². The van der Waals surface area contributed by atoms with Crippen LogP contribution in [0.1, 0.15) is 31.4 Å². The Morgan fingerprint density at radius 1 is 1.45 bits per heavy atom. The summed E-state index contributed by atoms with van der Waals surface area (Å²) in [5, 5.41) is 12.9. The second-order valence-corrected chi connectivity index (χ2v) is 5.79. The first-order chi connectivity index (χ1) is 9.61. The highest BCUT2D eigenvalue weighted by atomic mass is 19.1. The molecule has 2 rings (SSSR count). The first-order valence-electron chi connectivity index (χ1n) is 7.44. The first kappa shape index (κ1) is 15.4. The summed E-state index contributed by atoms with van der Waals surface area (Å²) in [5.41, 5.74) is 0.736. The lowest BCUT2D eigenvalue weighted by atomic mass is 9.96. The molecule has 3 nitrogen and oxygen atoms in total. The van der Waals surface area contributed by atoms with Crippen molar-refractivity contribution in [3.63, 3.8) is 0 Å². The van der Waals surface area contributed by atoms with Crippen LogP contribution in [-0.4, -0.2) is 42.8 Å². The van der Waals surface area contributed by atoms with E-state index in [4.69, 9.17) is 0 Å². The number of benzene rings is 1. The van der Waals surface area contributed by atoms with E-state index in [0.717, 1.165) is 38.0 Å². The summed E-state index contributed by atoms with van der Waals surface area (Å²) < 4.78 is 13.8. The number of piperidine rings is 1. The predicted molar refractivity (Wildman–Crippen MR) is 79.0 cm³/mol. The number of hydrogen-bond donors (Lipinski definition) is 2. The Morgan fingerprint density at radius 3 is 2.85 bits per heavy atom. The van der Waals surface area contributed by atoms with Crippen LogP contribution in [0.25, 0.3) is 0 Å². The molecule has 0 spiro atoms. The number of nitrogens with one attached hydrogen (secondary N) is 1. The molecule has 4 heteroatoms. The number of hydrogen-bond acceptors (Lipinski definition) is 3. The summed E-state index contributed by atoms with van der Waals surface area (Å²) in [5.74, 6) is 0.180. The molecule has 0 radical (unpaired) electrons. The fourth-order valence-corrected chi connectivity index (χ4v) is 2.95. The van der Waals surface area contributed by atoms with E-state index in [-0.39, 0.29) is 18.0 Å². The van der Waals surface area contributed by atoms with E-state index in [1.807, 2.05) is 19.2 Å². The molecule has 0 aliphatic carbocycles. The van der Waals surface area contributed by atoms with Crippen LogP contribution in [0.3, 0.4) is 0 Å². The van der Waals surface area contributed by atoms with Crippen molar-refractivity contribution in [1.29, 1.82) is 0 Å². The average molecular weight is 280 g/mol. The van der Waals surface area contributed by atoms with Crippen molar-refractivity contribution < 1.29 is 9.50 Å². The minimum atomic E-state index is -0.169. The van der Waals surface area contributed by atoms with Gasteiger partial charge < -0.3 is 15.3 Å². The number of aliphatic hydroxyl groups excluding tert-OH is 1. The van der Waals surface area contributed by atoms with E-state index in [0.29, 0.717) is 5.92 Å². The number of aliphatic hydroxyl groups is 1. The molecule has 1 fully saturated rings. The predicted octanol–water partition coefficient (Wildman–Crippen LogP) is 2.18. The molecule has 1 heterocycles. The third kappa shape index (κ3) is 3.78. The van der Waals surface area contributed by atoms with Crippen LogP contribution in [0.4, 0.5) is 4.39 Å². The Kier molecular flexibility index (Phi) is 5.52. The fourth-order valence-electron chi connectivity index (χ4n) is 2.95. The van der Waals surface area contributed by atoms with E-state index < -0.39 is 0 Å². The van der Waals surface area contributed by atoms with Crippen LogP contribution in [-0.2, 0) is 0 Å². The Bertz CT molecular complexity index is 427. The number of nitrogens with zero attached hydrogens (tertiary/aromatic N) is 1. The van der Waals surface area contributed by atoms with Crippen LogP contribution >= 0.6 is 0 Å². The number of likely N-dealkylation sites (tertiary alicyclic amines) is 1. The topological polar surface area (TPSA) is 35.5 Å².